The van der Waals surface area contributed by atoms with E-state index in [-0.39, 0.29) is 23.2 Å². The Labute approximate surface area is 183 Å². The molecule has 0 saturated heterocycles. The summed E-state index contributed by atoms with van der Waals surface area (Å²) in [6.07, 6.45) is 0.468. The van der Waals surface area contributed by atoms with Crippen LogP contribution in [0.5, 0.6) is 5.88 Å². The van der Waals surface area contributed by atoms with Gasteiger partial charge in [0.2, 0.25) is 5.88 Å². The fourth-order valence-corrected chi connectivity index (χ4v) is 4.31. The lowest BCUT2D eigenvalue weighted by molar-refractivity contribution is -0.141. The highest BCUT2D eigenvalue weighted by atomic mass is 19.1. The van der Waals surface area contributed by atoms with Gasteiger partial charge in [-0.05, 0) is 42.7 Å². The number of nitrogens with one attached hydrogen (secondary N) is 1. The van der Waals surface area contributed by atoms with Gasteiger partial charge in [-0.15, -0.1) is 0 Å². The molecule has 160 valence electrons. The van der Waals surface area contributed by atoms with E-state index in [1.165, 1.54) is 0 Å². The van der Waals surface area contributed by atoms with Gasteiger partial charge in [-0.1, -0.05) is 60.2 Å². The first-order valence-corrected chi connectivity index (χ1v) is 10.4. The summed E-state index contributed by atoms with van der Waals surface area (Å²) in [5, 5.41) is 0. The van der Waals surface area contributed by atoms with Crippen molar-refractivity contribution in [1.29, 1.82) is 0 Å². The van der Waals surface area contributed by atoms with E-state index >= 15 is 0 Å². The van der Waals surface area contributed by atoms with E-state index in [2.05, 4.69) is 9.97 Å². The molecule has 1 aliphatic heterocycles. The van der Waals surface area contributed by atoms with Gasteiger partial charge >= 0.3 is 5.97 Å². The molecule has 2 atom stereocenters. The summed E-state index contributed by atoms with van der Waals surface area (Å²) in [4.78, 5) is 20.6. The highest BCUT2D eigenvalue weighted by Gasteiger charge is 2.41. The number of hydrogen-bond donors (Lipinski definition) is 1. The summed E-state index contributed by atoms with van der Waals surface area (Å²) in [5.41, 5.74) is 3.51. The highest BCUT2D eigenvalue weighted by molar-refractivity contribution is 5.80. The summed E-state index contributed by atoms with van der Waals surface area (Å²) < 4.78 is 33.7. The van der Waals surface area contributed by atoms with Crippen LogP contribution >= 0.6 is 0 Å². The average molecular weight is 430 g/mol. The number of aromatic nitrogens is 2. The van der Waals surface area contributed by atoms with E-state index < -0.39 is 23.5 Å². The summed E-state index contributed by atoms with van der Waals surface area (Å²) in [5.74, 6) is -2.20. The number of aromatic amines is 1. The van der Waals surface area contributed by atoms with Gasteiger partial charge in [-0.25, -0.2) is 13.8 Å². The maximum absolute atomic E-state index is 14.4. The summed E-state index contributed by atoms with van der Waals surface area (Å²) in [6, 6.07) is 20.7. The van der Waals surface area contributed by atoms with E-state index in [1.54, 1.807) is 0 Å². The van der Waals surface area contributed by atoms with Crippen LogP contribution in [0.15, 0.2) is 72.8 Å². The first kappa shape index (κ1) is 20.1. The SMILES string of the molecule is Cc1cccc(C[C@@H]2C(=O)Oc3[nH]c(-c4cc(F)ccc4F)nc3[C@@H]2c2ccccc2)c1. The fraction of sp³-hybridized carbons (Fsp3) is 0.154. The van der Waals surface area contributed by atoms with Crippen molar-refractivity contribution < 1.29 is 18.3 Å². The number of aryl methyl sites for hydroxylation is 1. The quantitative estimate of drug-likeness (QED) is 0.431. The van der Waals surface area contributed by atoms with Crippen LogP contribution in [0.4, 0.5) is 8.78 Å². The molecule has 1 N–H and O–H groups in total. The standard InChI is InChI=1S/C26H20F2N2O2/c1-15-6-5-7-16(12-15)13-20-22(17-8-3-2-4-9-17)23-25(32-26(20)31)30-24(29-23)19-14-18(27)10-11-21(19)28/h2-12,14,20,22H,13H2,1H3,(H,29,30)/t20-,22+/m0/s1. The van der Waals surface area contributed by atoms with Crippen molar-refractivity contribution >= 4 is 5.97 Å². The van der Waals surface area contributed by atoms with Gasteiger partial charge in [0.25, 0.3) is 0 Å². The van der Waals surface area contributed by atoms with Crippen molar-refractivity contribution in [2.75, 3.05) is 0 Å². The second-order valence-electron chi connectivity index (χ2n) is 8.03. The van der Waals surface area contributed by atoms with Gasteiger partial charge in [0.05, 0.1) is 11.5 Å². The van der Waals surface area contributed by atoms with Crippen LogP contribution < -0.4 is 4.74 Å². The minimum atomic E-state index is -0.614. The Kier molecular flexibility index (Phi) is 5.05. The lowest BCUT2D eigenvalue weighted by Gasteiger charge is -2.29. The molecule has 0 aliphatic carbocycles. The fourth-order valence-electron chi connectivity index (χ4n) is 4.31. The average Bonchev–Trinajstić information content (AvgIpc) is 3.19. The third-order valence-electron chi connectivity index (χ3n) is 5.78. The topological polar surface area (TPSA) is 55.0 Å². The third kappa shape index (κ3) is 3.68. The minimum Gasteiger partial charge on any atom is -0.407 e. The molecule has 0 saturated carbocycles. The molecule has 32 heavy (non-hydrogen) atoms. The summed E-state index contributed by atoms with van der Waals surface area (Å²) >= 11 is 0. The number of halogens is 2. The number of carbonyl (C=O) groups is 1. The molecule has 6 heteroatoms. The molecule has 1 aliphatic rings. The first-order chi connectivity index (χ1) is 15.5. The number of H-pyrrole nitrogens is 1. The minimum absolute atomic E-state index is 0.0162. The normalized spacial score (nSPS) is 17.7. The van der Waals surface area contributed by atoms with Gasteiger partial charge in [0, 0.05) is 5.92 Å². The predicted octanol–water partition coefficient (Wildman–Crippen LogP) is 5.57. The number of esters is 1. The van der Waals surface area contributed by atoms with E-state index in [0.29, 0.717) is 12.1 Å². The first-order valence-electron chi connectivity index (χ1n) is 10.4. The number of hydrogen-bond acceptors (Lipinski definition) is 3. The Morgan fingerprint density at radius 3 is 2.59 bits per heavy atom. The largest absolute Gasteiger partial charge is 0.407 e. The molecule has 0 spiro atoms. The van der Waals surface area contributed by atoms with Crippen LogP contribution in [0, 0.1) is 24.5 Å². The molecule has 2 heterocycles. The second kappa shape index (κ2) is 8.04. The zero-order valence-electron chi connectivity index (χ0n) is 17.3. The Balaban J connectivity index is 1.62. The maximum Gasteiger partial charge on any atom is 0.317 e. The van der Waals surface area contributed by atoms with Crippen LogP contribution in [0.3, 0.4) is 0 Å². The number of nitrogens with zero attached hydrogens (tertiary/aromatic N) is 1. The number of carbonyl (C=O) groups excluding carboxylic acids is 1. The number of benzene rings is 3. The molecule has 0 bridgehead atoms. The smallest absolute Gasteiger partial charge is 0.317 e. The van der Waals surface area contributed by atoms with E-state index in [1.807, 2.05) is 61.5 Å². The molecular formula is C26H20F2N2O2. The maximum atomic E-state index is 14.4. The third-order valence-corrected chi connectivity index (χ3v) is 5.78. The zero-order valence-corrected chi connectivity index (χ0v) is 17.3. The molecule has 0 radical (unpaired) electrons. The van der Waals surface area contributed by atoms with Crippen LogP contribution in [-0.4, -0.2) is 15.9 Å². The highest BCUT2D eigenvalue weighted by Crippen LogP contribution is 2.43. The van der Waals surface area contributed by atoms with E-state index in [4.69, 9.17) is 4.74 Å². The molecule has 3 aromatic carbocycles. The van der Waals surface area contributed by atoms with Crippen molar-refractivity contribution in [3.05, 3.63) is 107 Å². The zero-order chi connectivity index (χ0) is 22.2. The number of rotatable bonds is 4. The van der Waals surface area contributed by atoms with Crippen LogP contribution in [0.25, 0.3) is 11.4 Å². The van der Waals surface area contributed by atoms with Gasteiger partial charge in [0.15, 0.2) is 0 Å². The van der Waals surface area contributed by atoms with Gasteiger partial charge < -0.3 is 9.72 Å². The van der Waals surface area contributed by atoms with Crippen molar-refractivity contribution in [3.63, 3.8) is 0 Å². The second-order valence-corrected chi connectivity index (χ2v) is 8.03. The molecule has 0 amide bonds. The predicted molar refractivity (Wildman–Crippen MR) is 116 cm³/mol. The van der Waals surface area contributed by atoms with Gasteiger partial charge in [-0.3, -0.25) is 4.79 Å². The van der Waals surface area contributed by atoms with Crippen LogP contribution in [0.2, 0.25) is 0 Å². The van der Waals surface area contributed by atoms with E-state index in [9.17, 15) is 13.6 Å². The molecule has 0 unspecified atom stereocenters. The summed E-state index contributed by atoms with van der Waals surface area (Å²) in [6.45, 7) is 2.00. The number of fused-ring (bicyclic) bond motifs is 1. The Morgan fingerprint density at radius 1 is 1.00 bits per heavy atom. The monoisotopic (exact) mass is 430 g/mol. The van der Waals surface area contributed by atoms with Crippen molar-refractivity contribution in [2.24, 2.45) is 5.92 Å². The Hall–Kier alpha value is -3.80. The Bertz CT molecular complexity index is 1300. The molecule has 0 fully saturated rings. The van der Waals surface area contributed by atoms with Crippen molar-refractivity contribution in [2.45, 2.75) is 19.3 Å². The molecule has 4 nitrogen and oxygen atoms in total. The molecule has 4 aromatic rings. The number of ether oxygens (including phenoxy) is 1. The summed E-state index contributed by atoms with van der Waals surface area (Å²) in [7, 11) is 0. The molecule has 1 aromatic heterocycles. The Morgan fingerprint density at radius 2 is 1.81 bits per heavy atom. The van der Waals surface area contributed by atoms with Gasteiger partial charge in [-0.2, -0.15) is 0 Å². The van der Waals surface area contributed by atoms with E-state index in [0.717, 1.165) is 34.9 Å². The van der Waals surface area contributed by atoms with Crippen LogP contribution in [0.1, 0.15) is 28.3 Å². The number of imidazole rings is 1. The molecule has 5 rings (SSSR count). The van der Waals surface area contributed by atoms with Crippen molar-refractivity contribution in [1.82, 2.24) is 9.97 Å². The van der Waals surface area contributed by atoms with Crippen molar-refractivity contribution in [3.8, 4) is 17.3 Å². The molecular weight excluding hydrogens is 410 g/mol. The lowest BCUT2D eigenvalue weighted by Crippen LogP contribution is -2.34. The van der Waals surface area contributed by atoms with Gasteiger partial charge in [0.1, 0.15) is 23.2 Å². The van der Waals surface area contributed by atoms with Crippen LogP contribution in [-0.2, 0) is 11.2 Å². The lowest BCUT2D eigenvalue weighted by atomic mass is 9.79.